The molecule has 2 unspecified atom stereocenters. The molecule has 0 saturated heterocycles. The van der Waals surface area contributed by atoms with Crippen molar-refractivity contribution in [2.75, 3.05) is 6.61 Å². The van der Waals surface area contributed by atoms with Crippen LogP contribution < -0.4 is 5.32 Å². The van der Waals surface area contributed by atoms with Gasteiger partial charge in [0.1, 0.15) is 0 Å². The summed E-state index contributed by atoms with van der Waals surface area (Å²) in [7, 11) is 0. The molecule has 0 fully saturated rings. The molecule has 4 nitrogen and oxygen atoms in total. The van der Waals surface area contributed by atoms with E-state index in [2.05, 4.69) is 31.3 Å². The summed E-state index contributed by atoms with van der Waals surface area (Å²) in [6.45, 7) is 4.22. The zero-order valence-electron chi connectivity index (χ0n) is 32.8. The molecule has 0 aliphatic rings. The first-order chi connectivity index (χ1) is 23.7. The highest BCUT2D eigenvalue weighted by molar-refractivity contribution is 5.76. The van der Waals surface area contributed by atoms with E-state index in [1.807, 2.05) is 0 Å². The van der Waals surface area contributed by atoms with Crippen LogP contribution in [0.5, 0.6) is 0 Å². The summed E-state index contributed by atoms with van der Waals surface area (Å²) < 4.78 is 0. The highest BCUT2D eigenvalue weighted by atomic mass is 16.3. The number of amides is 1. The van der Waals surface area contributed by atoms with E-state index in [0.717, 1.165) is 32.1 Å². The molecule has 0 spiro atoms. The van der Waals surface area contributed by atoms with Gasteiger partial charge in [-0.25, -0.2) is 0 Å². The fourth-order valence-electron chi connectivity index (χ4n) is 6.89. The van der Waals surface area contributed by atoms with Crippen LogP contribution in [0.2, 0.25) is 0 Å². The van der Waals surface area contributed by atoms with Crippen molar-refractivity contribution in [2.24, 2.45) is 0 Å². The van der Waals surface area contributed by atoms with Crippen LogP contribution in [0.25, 0.3) is 0 Å². The topological polar surface area (TPSA) is 69.6 Å². The molecule has 0 aliphatic carbocycles. The van der Waals surface area contributed by atoms with Crippen molar-refractivity contribution in [1.82, 2.24) is 5.32 Å². The molecule has 2 atom stereocenters. The van der Waals surface area contributed by atoms with Crippen LogP contribution in [-0.2, 0) is 4.79 Å². The van der Waals surface area contributed by atoms with Crippen molar-refractivity contribution in [3.63, 3.8) is 0 Å². The van der Waals surface area contributed by atoms with Gasteiger partial charge in [-0.3, -0.25) is 4.79 Å². The highest BCUT2D eigenvalue weighted by Crippen LogP contribution is 2.16. The third-order valence-corrected chi connectivity index (χ3v) is 10.3. The van der Waals surface area contributed by atoms with Gasteiger partial charge in [-0.15, -0.1) is 0 Å². The number of carbonyl (C=O) groups is 1. The van der Waals surface area contributed by atoms with E-state index in [0.29, 0.717) is 12.8 Å². The molecular formula is C44H87NO3. The quantitative estimate of drug-likeness (QED) is 0.0446. The summed E-state index contributed by atoms with van der Waals surface area (Å²) in [5, 5.41) is 22.5. The van der Waals surface area contributed by atoms with Crippen molar-refractivity contribution in [3.8, 4) is 0 Å². The normalized spacial score (nSPS) is 13.0. The molecule has 0 radical (unpaired) electrons. The zero-order chi connectivity index (χ0) is 35.0. The lowest BCUT2D eigenvalue weighted by molar-refractivity contribution is -0.123. The van der Waals surface area contributed by atoms with Gasteiger partial charge >= 0.3 is 0 Å². The number of hydrogen-bond acceptors (Lipinski definition) is 3. The Hall–Kier alpha value is -0.870. The molecule has 3 N–H and O–H groups in total. The first-order valence-electron chi connectivity index (χ1n) is 21.9. The van der Waals surface area contributed by atoms with Crippen LogP contribution in [0.3, 0.4) is 0 Å². The van der Waals surface area contributed by atoms with Gasteiger partial charge in [0.2, 0.25) is 5.91 Å². The number of aliphatic hydroxyl groups excluding tert-OH is 2. The summed E-state index contributed by atoms with van der Waals surface area (Å²) in [5.41, 5.74) is 0. The number of hydrogen-bond donors (Lipinski definition) is 3. The highest BCUT2D eigenvalue weighted by Gasteiger charge is 2.19. The maximum Gasteiger partial charge on any atom is 0.220 e. The Bertz CT molecular complexity index is 651. The molecule has 0 aliphatic heterocycles. The van der Waals surface area contributed by atoms with Gasteiger partial charge in [-0.2, -0.15) is 0 Å². The second-order valence-corrected chi connectivity index (χ2v) is 15.1. The van der Waals surface area contributed by atoms with Gasteiger partial charge in [-0.05, 0) is 38.5 Å². The molecule has 286 valence electrons. The zero-order valence-corrected chi connectivity index (χ0v) is 32.8. The standard InChI is InChI=1S/C44H87NO3/c1-3-5-7-8-9-10-11-12-13-14-15-16-17-18-19-20-21-22-23-24-25-26-27-28-29-30-31-32-33-34-35-36-38-40-44(48)45-42(41-46)43(47)39-37-6-4-2/h14-15,42-43,46-47H,3-13,16-41H2,1-2H3,(H,45,48)/b15-14-. The maximum absolute atomic E-state index is 12.2. The third-order valence-electron chi connectivity index (χ3n) is 10.3. The predicted octanol–water partition coefficient (Wildman–Crippen LogP) is 13.5. The fourth-order valence-corrected chi connectivity index (χ4v) is 6.89. The average molecular weight is 678 g/mol. The lowest BCUT2D eigenvalue weighted by Gasteiger charge is -2.22. The Kier molecular flexibility index (Phi) is 39.8. The van der Waals surface area contributed by atoms with Crippen LogP contribution in [0.1, 0.15) is 245 Å². The summed E-state index contributed by atoms with van der Waals surface area (Å²) in [5.74, 6) is -0.0392. The maximum atomic E-state index is 12.2. The molecule has 1 amide bonds. The van der Waals surface area contributed by atoms with Gasteiger partial charge in [0.05, 0.1) is 18.8 Å². The Labute approximate surface area is 301 Å². The Morgan fingerprint density at radius 3 is 1.15 bits per heavy atom. The van der Waals surface area contributed by atoms with E-state index in [1.54, 1.807) is 0 Å². The van der Waals surface area contributed by atoms with Crippen molar-refractivity contribution < 1.29 is 15.0 Å². The van der Waals surface area contributed by atoms with E-state index >= 15 is 0 Å². The van der Waals surface area contributed by atoms with E-state index < -0.39 is 12.1 Å². The predicted molar refractivity (Wildman–Crippen MR) is 212 cm³/mol. The summed E-state index contributed by atoms with van der Waals surface area (Å²) in [4.78, 5) is 12.2. The molecule has 0 heterocycles. The molecule has 0 saturated carbocycles. The Morgan fingerprint density at radius 1 is 0.479 bits per heavy atom. The van der Waals surface area contributed by atoms with Gasteiger partial charge < -0.3 is 15.5 Å². The van der Waals surface area contributed by atoms with Crippen LogP contribution in [0.15, 0.2) is 12.2 Å². The number of aliphatic hydroxyl groups is 2. The monoisotopic (exact) mass is 678 g/mol. The van der Waals surface area contributed by atoms with Gasteiger partial charge in [0, 0.05) is 6.42 Å². The van der Waals surface area contributed by atoms with Crippen LogP contribution in [-0.4, -0.2) is 34.9 Å². The molecule has 0 aromatic rings. The van der Waals surface area contributed by atoms with Crippen molar-refractivity contribution in [3.05, 3.63) is 12.2 Å². The van der Waals surface area contributed by atoms with E-state index in [-0.39, 0.29) is 12.5 Å². The average Bonchev–Trinajstić information content (AvgIpc) is 3.09. The van der Waals surface area contributed by atoms with Crippen molar-refractivity contribution >= 4 is 5.91 Å². The minimum Gasteiger partial charge on any atom is -0.394 e. The lowest BCUT2D eigenvalue weighted by atomic mass is 10.0. The first kappa shape index (κ1) is 47.1. The van der Waals surface area contributed by atoms with E-state index in [1.165, 1.54) is 186 Å². The molecular weight excluding hydrogens is 590 g/mol. The SMILES string of the molecule is CCCCCCCCCC/C=C\CCCCCCCCCCCCCCCCCCCCCCCC(=O)NC(CO)C(O)CCCCC. The number of rotatable bonds is 40. The van der Waals surface area contributed by atoms with Gasteiger partial charge in [-0.1, -0.05) is 212 Å². The molecule has 0 bridgehead atoms. The second kappa shape index (κ2) is 40.6. The largest absolute Gasteiger partial charge is 0.394 e. The summed E-state index contributed by atoms with van der Waals surface area (Å²) >= 11 is 0. The van der Waals surface area contributed by atoms with Crippen LogP contribution in [0.4, 0.5) is 0 Å². The van der Waals surface area contributed by atoms with Crippen LogP contribution >= 0.6 is 0 Å². The minimum atomic E-state index is -0.651. The molecule has 0 aromatic heterocycles. The van der Waals surface area contributed by atoms with Crippen molar-refractivity contribution in [1.29, 1.82) is 0 Å². The van der Waals surface area contributed by atoms with Gasteiger partial charge in [0.25, 0.3) is 0 Å². The minimum absolute atomic E-state index is 0.0392. The summed E-state index contributed by atoms with van der Waals surface area (Å²) in [6.07, 6.45) is 50.9. The van der Waals surface area contributed by atoms with Gasteiger partial charge in [0.15, 0.2) is 0 Å². The summed E-state index contributed by atoms with van der Waals surface area (Å²) in [6, 6.07) is -0.527. The van der Waals surface area contributed by atoms with Crippen molar-refractivity contribution in [2.45, 2.75) is 257 Å². The van der Waals surface area contributed by atoms with E-state index in [4.69, 9.17) is 0 Å². The molecule has 4 heteroatoms. The van der Waals surface area contributed by atoms with Crippen LogP contribution in [0, 0.1) is 0 Å². The number of allylic oxidation sites excluding steroid dienone is 2. The first-order valence-corrected chi connectivity index (χ1v) is 21.9. The Morgan fingerprint density at radius 2 is 0.792 bits per heavy atom. The fraction of sp³-hybridized carbons (Fsp3) is 0.932. The lowest BCUT2D eigenvalue weighted by Crippen LogP contribution is -2.45. The number of carbonyl (C=O) groups excluding carboxylic acids is 1. The number of unbranched alkanes of at least 4 members (excludes halogenated alkanes) is 31. The smallest absolute Gasteiger partial charge is 0.220 e. The molecule has 48 heavy (non-hydrogen) atoms. The Balaban J connectivity index is 3.26. The molecule has 0 aromatic carbocycles. The van der Waals surface area contributed by atoms with E-state index in [9.17, 15) is 15.0 Å². The molecule has 0 rings (SSSR count). The number of nitrogens with one attached hydrogen (secondary N) is 1. The second-order valence-electron chi connectivity index (χ2n) is 15.1. The third kappa shape index (κ3) is 36.4.